The summed E-state index contributed by atoms with van der Waals surface area (Å²) >= 11 is 12.5. The molecule has 0 unspecified atom stereocenters. The second kappa shape index (κ2) is 9.59. The Morgan fingerprint density at radius 3 is 2.44 bits per heavy atom. The lowest BCUT2D eigenvalue weighted by Gasteiger charge is -2.10. The number of hydrogen-bond donors (Lipinski definition) is 1. The number of aromatic nitrogens is 3. The van der Waals surface area contributed by atoms with Gasteiger partial charge in [-0.25, -0.2) is 0 Å². The van der Waals surface area contributed by atoms with Gasteiger partial charge in [0, 0.05) is 5.02 Å². The van der Waals surface area contributed by atoms with Crippen LogP contribution in [0.4, 0.5) is 5.69 Å². The van der Waals surface area contributed by atoms with Crippen LogP contribution in [0.1, 0.15) is 35.7 Å². The number of aryl methyl sites for hydroxylation is 1. The van der Waals surface area contributed by atoms with Crippen LogP contribution in [-0.4, -0.2) is 28.0 Å². The molecule has 6 nitrogen and oxygen atoms in total. The standard InChI is InChI=1S/C24H22Cl2N4O2/c1-3-4-5-15-6-9-17(10-7-15)30-28-21-13-19(26)20(14-22(21)29-30)27-24(31)18-12-16(25)8-11-23(18)32-2/h6-14H,3-5H2,1-2H3,(H,27,31). The molecule has 32 heavy (non-hydrogen) atoms. The Morgan fingerprint density at radius 2 is 1.75 bits per heavy atom. The Bertz CT molecular complexity index is 1270. The van der Waals surface area contributed by atoms with Crippen molar-refractivity contribution in [2.24, 2.45) is 0 Å². The van der Waals surface area contributed by atoms with Gasteiger partial charge in [0.1, 0.15) is 16.8 Å². The number of nitrogens with zero attached hydrogens (tertiary/aromatic N) is 3. The van der Waals surface area contributed by atoms with Crippen LogP contribution in [0.3, 0.4) is 0 Å². The van der Waals surface area contributed by atoms with E-state index in [-0.39, 0.29) is 5.91 Å². The molecule has 0 fully saturated rings. The van der Waals surface area contributed by atoms with Gasteiger partial charge in [0.05, 0.1) is 29.1 Å². The number of benzene rings is 3. The van der Waals surface area contributed by atoms with Crippen LogP contribution in [0, 0.1) is 0 Å². The third-order valence-electron chi connectivity index (χ3n) is 5.11. The molecule has 0 aliphatic rings. The molecule has 0 saturated carbocycles. The van der Waals surface area contributed by atoms with Crippen LogP contribution in [0.15, 0.2) is 54.6 Å². The quantitative estimate of drug-likeness (QED) is 0.343. The highest BCUT2D eigenvalue weighted by Crippen LogP contribution is 2.29. The van der Waals surface area contributed by atoms with E-state index in [1.807, 2.05) is 12.1 Å². The lowest BCUT2D eigenvalue weighted by Crippen LogP contribution is -2.13. The fourth-order valence-electron chi connectivity index (χ4n) is 3.37. The Hall–Kier alpha value is -3.09. The smallest absolute Gasteiger partial charge is 0.259 e. The van der Waals surface area contributed by atoms with E-state index >= 15 is 0 Å². The zero-order valence-electron chi connectivity index (χ0n) is 17.7. The van der Waals surface area contributed by atoms with Gasteiger partial charge in [0.25, 0.3) is 5.91 Å². The number of halogens is 2. The number of amides is 1. The van der Waals surface area contributed by atoms with E-state index in [1.54, 1.807) is 35.1 Å². The third-order valence-corrected chi connectivity index (χ3v) is 5.66. The Balaban J connectivity index is 1.60. The minimum atomic E-state index is -0.388. The number of methoxy groups -OCH3 is 1. The van der Waals surface area contributed by atoms with Gasteiger partial charge in [-0.1, -0.05) is 48.7 Å². The van der Waals surface area contributed by atoms with Gasteiger partial charge >= 0.3 is 0 Å². The van der Waals surface area contributed by atoms with Crippen molar-refractivity contribution in [2.75, 3.05) is 12.4 Å². The first-order valence-electron chi connectivity index (χ1n) is 10.3. The minimum absolute atomic E-state index is 0.308. The number of nitrogens with one attached hydrogen (secondary N) is 1. The second-order valence-corrected chi connectivity index (χ2v) is 8.22. The molecule has 0 bridgehead atoms. The van der Waals surface area contributed by atoms with E-state index in [0.29, 0.717) is 38.1 Å². The molecule has 0 aliphatic carbocycles. The third kappa shape index (κ3) is 4.71. The number of carbonyl (C=O) groups is 1. The molecule has 0 atom stereocenters. The summed E-state index contributed by atoms with van der Waals surface area (Å²) in [6, 6.07) is 16.4. The molecule has 3 aromatic carbocycles. The molecule has 0 spiro atoms. The number of anilines is 1. The van der Waals surface area contributed by atoms with Gasteiger partial charge in [0.2, 0.25) is 0 Å². The van der Waals surface area contributed by atoms with Crippen molar-refractivity contribution < 1.29 is 9.53 Å². The molecule has 0 radical (unpaired) electrons. The van der Waals surface area contributed by atoms with Crippen molar-refractivity contribution in [3.05, 3.63) is 75.8 Å². The molecule has 4 rings (SSSR count). The van der Waals surface area contributed by atoms with Crippen LogP contribution in [0.25, 0.3) is 16.7 Å². The van der Waals surface area contributed by atoms with Gasteiger partial charge in [0.15, 0.2) is 0 Å². The van der Waals surface area contributed by atoms with E-state index in [0.717, 1.165) is 24.9 Å². The molecule has 8 heteroatoms. The molecule has 1 aromatic heterocycles. The fourth-order valence-corrected chi connectivity index (χ4v) is 3.75. The van der Waals surface area contributed by atoms with Crippen molar-refractivity contribution in [3.63, 3.8) is 0 Å². The number of ether oxygens (including phenoxy) is 1. The molecule has 0 saturated heterocycles. The average molecular weight is 469 g/mol. The van der Waals surface area contributed by atoms with Crippen LogP contribution < -0.4 is 10.1 Å². The van der Waals surface area contributed by atoms with Crippen molar-refractivity contribution in [3.8, 4) is 11.4 Å². The van der Waals surface area contributed by atoms with Crippen LogP contribution in [0.5, 0.6) is 5.75 Å². The first-order chi connectivity index (χ1) is 15.5. The predicted molar refractivity (Wildman–Crippen MR) is 128 cm³/mol. The summed E-state index contributed by atoms with van der Waals surface area (Å²) in [5.41, 5.74) is 4.11. The largest absolute Gasteiger partial charge is 0.496 e. The molecule has 4 aromatic rings. The predicted octanol–water partition coefficient (Wildman–Crippen LogP) is 6.33. The number of carbonyl (C=O) groups excluding carboxylic acids is 1. The molecule has 164 valence electrons. The highest BCUT2D eigenvalue weighted by Gasteiger charge is 2.16. The van der Waals surface area contributed by atoms with Crippen molar-refractivity contribution in [1.29, 1.82) is 0 Å². The van der Waals surface area contributed by atoms with Gasteiger partial charge in [-0.15, -0.1) is 10.2 Å². The van der Waals surface area contributed by atoms with E-state index in [2.05, 4.69) is 34.6 Å². The minimum Gasteiger partial charge on any atom is -0.496 e. The molecule has 1 heterocycles. The van der Waals surface area contributed by atoms with Crippen molar-refractivity contribution in [2.45, 2.75) is 26.2 Å². The van der Waals surface area contributed by atoms with Crippen molar-refractivity contribution >= 4 is 45.8 Å². The van der Waals surface area contributed by atoms with E-state index in [1.165, 1.54) is 12.7 Å². The van der Waals surface area contributed by atoms with Gasteiger partial charge in [-0.05, 0) is 60.9 Å². The number of fused-ring (bicyclic) bond motifs is 1. The van der Waals surface area contributed by atoms with Crippen LogP contribution in [0.2, 0.25) is 10.0 Å². The lowest BCUT2D eigenvalue weighted by atomic mass is 10.1. The molecule has 1 N–H and O–H groups in total. The van der Waals surface area contributed by atoms with E-state index in [4.69, 9.17) is 27.9 Å². The Labute approximate surface area is 196 Å². The summed E-state index contributed by atoms with van der Waals surface area (Å²) in [6.07, 6.45) is 3.39. The first kappa shape index (κ1) is 22.1. The maximum Gasteiger partial charge on any atom is 0.259 e. The maximum atomic E-state index is 12.8. The van der Waals surface area contributed by atoms with E-state index < -0.39 is 0 Å². The number of hydrogen-bond acceptors (Lipinski definition) is 4. The van der Waals surface area contributed by atoms with Gasteiger partial charge in [-0.2, -0.15) is 4.80 Å². The van der Waals surface area contributed by atoms with Gasteiger partial charge < -0.3 is 10.1 Å². The molecular formula is C24H22Cl2N4O2. The summed E-state index contributed by atoms with van der Waals surface area (Å²) in [5, 5.41) is 12.7. The first-order valence-corrected chi connectivity index (χ1v) is 11.0. The number of rotatable bonds is 7. The summed E-state index contributed by atoms with van der Waals surface area (Å²) in [4.78, 5) is 14.4. The average Bonchev–Trinajstić information content (AvgIpc) is 3.20. The SMILES string of the molecule is CCCCc1ccc(-n2nc3cc(Cl)c(NC(=O)c4cc(Cl)ccc4OC)cc3n2)cc1. The number of unbranched alkanes of at least 4 members (excludes halogenated alkanes) is 1. The molecular weight excluding hydrogens is 447 g/mol. The van der Waals surface area contributed by atoms with Crippen LogP contribution in [-0.2, 0) is 6.42 Å². The topological polar surface area (TPSA) is 69.0 Å². The zero-order valence-corrected chi connectivity index (χ0v) is 19.2. The zero-order chi connectivity index (χ0) is 22.7. The van der Waals surface area contributed by atoms with Crippen LogP contribution >= 0.6 is 23.2 Å². The molecule has 1 amide bonds. The molecule has 0 aliphatic heterocycles. The van der Waals surface area contributed by atoms with Crippen molar-refractivity contribution in [1.82, 2.24) is 15.0 Å². The lowest BCUT2D eigenvalue weighted by molar-refractivity contribution is 0.102. The summed E-state index contributed by atoms with van der Waals surface area (Å²) in [7, 11) is 1.49. The highest BCUT2D eigenvalue weighted by molar-refractivity contribution is 6.35. The monoisotopic (exact) mass is 468 g/mol. The van der Waals surface area contributed by atoms with E-state index in [9.17, 15) is 4.79 Å². The van der Waals surface area contributed by atoms with Gasteiger partial charge in [-0.3, -0.25) is 4.79 Å². The second-order valence-electron chi connectivity index (χ2n) is 7.38. The summed E-state index contributed by atoms with van der Waals surface area (Å²) < 4.78 is 5.26. The summed E-state index contributed by atoms with van der Waals surface area (Å²) in [6.45, 7) is 2.18. The summed E-state index contributed by atoms with van der Waals surface area (Å²) in [5.74, 6) is 0.0260. The Morgan fingerprint density at radius 1 is 1.03 bits per heavy atom. The fraction of sp³-hybridized carbons (Fsp3) is 0.208. The normalized spacial score (nSPS) is 11.0. The highest BCUT2D eigenvalue weighted by atomic mass is 35.5. The maximum absolute atomic E-state index is 12.8. The Kier molecular flexibility index (Phi) is 6.63.